The van der Waals surface area contributed by atoms with Crippen molar-refractivity contribution < 1.29 is 4.79 Å². The Hall–Kier alpha value is -1.69. The minimum atomic E-state index is -0.379. The van der Waals surface area contributed by atoms with Gasteiger partial charge >= 0.3 is 0 Å². The molecule has 1 amide bonds. The van der Waals surface area contributed by atoms with Crippen molar-refractivity contribution >= 4 is 11.7 Å². The molecular formula is C11H19N5O. The van der Waals surface area contributed by atoms with E-state index in [1.807, 2.05) is 4.90 Å². The van der Waals surface area contributed by atoms with Crippen LogP contribution < -0.4 is 16.4 Å². The Labute approximate surface area is 101 Å². The highest BCUT2D eigenvalue weighted by Gasteiger charge is 2.12. The predicted octanol–water partition coefficient (Wildman–Crippen LogP) is -0.117. The number of primary amides is 1. The maximum absolute atomic E-state index is 11.0. The molecule has 0 fully saturated rings. The summed E-state index contributed by atoms with van der Waals surface area (Å²) in [6.07, 6.45) is 3.23. The van der Waals surface area contributed by atoms with Gasteiger partial charge in [-0.25, -0.2) is 4.98 Å². The number of nitrogens with zero attached hydrogens (tertiary/aromatic N) is 3. The van der Waals surface area contributed by atoms with Gasteiger partial charge in [0.2, 0.25) is 5.91 Å². The van der Waals surface area contributed by atoms with Crippen LogP contribution in [0.2, 0.25) is 0 Å². The maximum atomic E-state index is 11.0. The predicted molar refractivity (Wildman–Crippen MR) is 66.2 cm³/mol. The smallest absolute Gasteiger partial charge is 0.236 e. The van der Waals surface area contributed by atoms with Gasteiger partial charge in [-0.05, 0) is 5.92 Å². The van der Waals surface area contributed by atoms with Gasteiger partial charge < -0.3 is 16.4 Å². The van der Waals surface area contributed by atoms with Crippen molar-refractivity contribution in [2.75, 3.05) is 18.0 Å². The van der Waals surface area contributed by atoms with Crippen LogP contribution in [0.15, 0.2) is 12.4 Å². The van der Waals surface area contributed by atoms with Gasteiger partial charge in [-0.3, -0.25) is 9.78 Å². The van der Waals surface area contributed by atoms with Crippen molar-refractivity contribution in [2.45, 2.75) is 20.4 Å². The molecule has 0 unspecified atom stereocenters. The lowest BCUT2D eigenvalue weighted by atomic mass is 10.2. The monoisotopic (exact) mass is 237 g/mol. The van der Waals surface area contributed by atoms with E-state index in [2.05, 4.69) is 23.8 Å². The third-order valence-electron chi connectivity index (χ3n) is 2.16. The van der Waals surface area contributed by atoms with Crippen LogP contribution in [0.4, 0.5) is 5.82 Å². The standard InChI is InChI=1S/C11H19N5O/c1-8(2)6-16(7-10(13)17)11-5-14-9(3-12)4-15-11/h4-5,8H,3,6-7,12H2,1-2H3,(H2,13,17). The van der Waals surface area contributed by atoms with E-state index in [-0.39, 0.29) is 12.5 Å². The molecule has 4 N–H and O–H groups in total. The lowest BCUT2D eigenvalue weighted by Crippen LogP contribution is -2.36. The van der Waals surface area contributed by atoms with E-state index in [9.17, 15) is 4.79 Å². The van der Waals surface area contributed by atoms with Gasteiger partial charge in [0.05, 0.1) is 24.6 Å². The summed E-state index contributed by atoms with van der Waals surface area (Å²) in [4.78, 5) is 21.2. The quantitative estimate of drug-likeness (QED) is 0.719. The lowest BCUT2D eigenvalue weighted by molar-refractivity contribution is -0.116. The summed E-state index contributed by atoms with van der Waals surface area (Å²) in [5, 5.41) is 0. The molecule has 1 heterocycles. The summed E-state index contributed by atoms with van der Waals surface area (Å²) < 4.78 is 0. The zero-order chi connectivity index (χ0) is 12.8. The molecule has 1 rings (SSSR count). The van der Waals surface area contributed by atoms with E-state index in [0.29, 0.717) is 24.8 Å². The Balaban J connectivity index is 2.83. The van der Waals surface area contributed by atoms with E-state index >= 15 is 0 Å². The largest absolute Gasteiger partial charge is 0.368 e. The zero-order valence-corrected chi connectivity index (χ0v) is 10.3. The van der Waals surface area contributed by atoms with E-state index in [4.69, 9.17) is 11.5 Å². The number of anilines is 1. The second-order valence-corrected chi connectivity index (χ2v) is 4.31. The van der Waals surface area contributed by atoms with Gasteiger partial charge in [-0.1, -0.05) is 13.8 Å². The first-order valence-corrected chi connectivity index (χ1v) is 5.57. The molecule has 6 heteroatoms. The molecule has 0 radical (unpaired) electrons. The summed E-state index contributed by atoms with van der Waals surface area (Å²) in [5.41, 5.74) is 11.4. The number of nitrogens with two attached hydrogens (primary N) is 2. The first-order chi connectivity index (χ1) is 8.02. The minimum absolute atomic E-state index is 0.148. The first-order valence-electron chi connectivity index (χ1n) is 5.57. The molecule has 1 aromatic heterocycles. The molecule has 0 bridgehead atoms. The van der Waals surface area contributed by atoms with Crippen LogP contribution in [0.3, 0.4) is 0 Å². The molecule has 0 spiro atoms. The number of carbonyl (C=O) groups excluding carboxylic acids is 1. The summed E-state index contributed by atoms with van der Waals surface area (Å²) in [7, 11) is 0. The number of amides is 1. The molecule has 0 saturated heterocycles. The molecule has 0 aliphatic rings. The molecule has 6 nitrogen and oxygen atoms in total. The Kier molecular flexibility index (Phi) is 4.84. The maximum Gasteiger partial charge on any atom is 0.236 e. The second-order valence-electron chi connectivity index (χ2n) is 4.31. The van der Waals surface area contributed by atoms with Gasteiger partial charge in [-0.15, -0.1) is 0 Å². The Morgan fingerprint density at radius 2 is 2.12 bits per heavy atom. The van der Waals surface area contributed by atoms with Gasteiger partial charge in [0.1, 0.15) is 5.82 Å². The van der Waals surface area contributed by atoms with Crippen LogP contribution in [0, 0.1) is 5.92 Å². The highest BCUT2D eigenvalue weighted by molar-refractivity contribution is 5.79. The van der Waals surface area contributed by atoms with Crippen LogP contribution >= 0.6 is 0 Å². The third kappa shape index (κ3) is 4.36. The van der Waals surface area contributed by atoms with Gasteiger partial charge in [-0.2, -0.15) is 0 Å². The SMILES string of the molecule is CC(C)CN(CC(N)=O)c1cnc(CN)cn1. The van der Waals surface area contributed by atoms with E-state index in [0.717, 1.165) is 5.69 Å². The first kappa shape index (κ1) is 13.4. The fourth-order valence-corrected chi connectivity index (χ4v) is 1.48. The van der Waals surface area contributed by atoms with E-state index in [1.165, 1.54) is 0 Å². The normalized spacial score (nSPS) is 10.6. The van der Waals surface area contributed by atoms with Crippen LogP contribution in [-0.2, 0) is 11.3 Å². The third-order valence-corrected chi connectivity index (χ3v) is 2.16. The molecule has 0 aliphatic heterocycles. The topological polar surface area (TPSA) is 98.1 Å². The van der Waals surface area contributed by atoms with Crippen LogP contribution in [-0.4, -0.2) is 29.0 Å². The summed E-state index contributed by atoms with van der Waals surface area (Å²) >= 11 is 0. The molecular weight excluding hydrogens is 218 g/mol. The molecule has 17 heavy (non-hydrogen) atoms. The van der Waals surface area contributed by atoms with E-state index < -0.39 is 0 Å². The van der Waals surface area contributed by atoms with E-state index in [1.54, 1.807) is 12.4 Å². The summed E-state index contributed by atoms with van der Waals surface area (Å²) in [5.74, 6) is 0.676. The van der Waals surface area contributed by atoms with Gasteiger partial charge in [0.15, 0.2) is 0 Å². The number of carbonyl (C=O) groups is 1. The second kappa shape index (κ2) is 6.15. The fourth-order valence-electron chi connectivity index (χ4n) is 1.48. The number of hydrogen-bond donors (Lipinski definition) is 2. The van der Waals surface area contributed by atoms with Gasteiger partial charge in [0.25, 0.3) is 0 Å². The molecule has 0 aliphatic carbocycles. The van der Waals surface area contributed by atoms with Crippen molar-refractivity contribution in [3.8, 4) is 0 Å². The molecule has 1 aromatic rings. The van der Waals surface area contributed by atoms with Crippen molar-refractivity contribution in [2.24, 2.45) is 17.4 Å². The fraction of sp³-hybridized carbons (Fsp3) is 0.545. The number of hydrogen-bond acceptors (Lipinski definition) is 5. The number of rotatable bonds is 6. The van der Waals surface area contributed by atoms with Gasteiger partial charge in [0, 0.05) is 13.1 Å². The van der Waals surface area contributed by atoms with Crippen LogP contribution in [0.1, 0.15) is 19.5 Å². The van der Waals surface area contributed by atoms with Crippen molar-refractivity contribution in [3.05, 3.63) is 18.1 Å². The van der Waals surface area contributed by atoms with Crippen molar-refractivity contribution in [3.63, 3.8) is 0 Å². The molecule has 0 atom stereocenters. The number of aromatic nitrogens is 2. The molecule has 0 saturated carbocycles. The average molecular weight is 237 g/mol. The molecule has 94 valence electrons. The minimum Gasteiger partial charge on any atom is -0.368 e. The zero-order valence-electron chi connectivity index (χ0n) is 10.3. The van der Waals surface area contributed by atoms with Crippen LogP contribution in [0.5, 0.6) is 0 Å². The van der Waals surface area contributed by atoms with Crippen LogP contribution in [0.25, 0.3) is 0 Å². The Morgan fingerprint density at radius 1 is 1.41 bits per heavy atom. The highest BCUT2D eigenvalue weighted by atomic mass is 16.1. The Bertz CT molecular complexity index is 363. The lowest BCUT2D eigenvalue weighted by Gasteiger charge is -2.23. The summed E-state index contributed by atoms with van der Waals surface area (Å²) in [6.45, 7) is 5.34. The van der Waals surface area contributed by atoms with Crippen molar-refractivity contribution in [1.82, 2.24) is 9.97 Å². The summed E-state index contributed by atoms with van der Waals surface area (Å²) in [6, 6.07) is 0. The molecule has 0 aromatic carbocycles. The Morgan fingerprint density at radius 3 is 2.53 bits per heavy atom. The van der Waals surface area contributed by atoms with Crippen molar-refractivity contribution in [1.29, 1.82) is 0 Å². The highest BCUT2D eigenvalue weighted by Crippen LogP contribution is 2.11. The average Bonchev–Trinajstić information content (AvgIpc) is 2.27.